The summed E-state index contributed by atoms with van der Waals surface area (Å²) in [7, 11) is 0. The van der Waals surface area contributed by atoms with Gasteiger partial charge in [0.05, 0.1) is 6.04 Å². The van der Waals surface area contributed by atoms with E-state index >= 15 is 0 Å². The van der Waals surface area contributed by atoms with Crippen LogP contribution in [-0.2, 0) is 17.6 Å². The molecule has 0 bridgehead atoms. The van der Waals surface area contributed by atoms with Crippen LogP contribution in [0.4, 0.5) is 0 Å². The smallest absolute Gasteiger partial charge is 0.220 e. The largest absolute Gasteiger partial charge is 0.350 e. The minimum Gasteiger partial charge on any atom is -0.350 e. The predicted molar refractivity (Wildman–Crippen MR) is 91.9 cm³/mol. The van der Waals surface area contributed by atoms with Crippen molar-refractivity contribution in [3.63, 3.8) is 0 Å². The molecule has 1 atom stereocenters. The Hall–Kier alpha value is -2.09. The third-order valence-electron chi connectivity index (χ3n) is 4.10. The standard InChI is InChI=1S/C20H25NO/c1-4-17-9-11-18(12-10-17)13-14-20(22)21-16(3)19-8-6-5-7-15(19)2/h5-12,16H,4,13-14H2,1-3H3,(H,21,22). The van der Waals surface area contributed by atoms with Crippen LogP contribution >= 0.6 is 0 Å². The number of benzene rings is 2. The molecule has 0 fully saturated rings. The van der Waals surface area contributed by atoms with E-state index in [0.29, 0.717) is 6.42 Å². The maximum atomic E-state index is 12.1. The van der Waals surface area contributed by atoms with Gasteiger partial charge in [-0.25, -0.2) is 0 Å². The lowest BCUT2D eigenvalue weighted by Gasteiger charge is -2.16. The van der Waals surface area contributed by atoms with Gasteiger partial charge in [-0.1, -0.05) is 55.5 Å². The second kappa shape index (κ2) is 7.79. The van der Waals surface area contributed by atoms with Crippen LogP contribution in [-0.4, -0.2) is 5.91 Å². The van der Waals surface area contributed by atoms with Crippen molar-refractivity contribution in [2.75, 3.05) is 0 Å². The van der Waals surface area contributed by atoms with E-state index < -0.39 is 0 Å². The highest BCUT2D eigenvalue weighted by molar-refractivity contribution is 5.76. The van der Waals surface area contributed by atoms with E-state index in [1.165, 1.54) is 22.3 Å². The molecule has 2 aromatic rings. The molecule has 0 saturated heterocycles. The Morgan fingerprint density at radius 3 is 2.32 bits per heavy atom. The molecule has 0 spiro atoms. The molecule has 0 saturated carbocycles. The summed E-state index contributed by atoms with van der Waals surface area (Å²) in [4.78, 5) is 12.1. The second-order valence-corrected chi connectivity index (χ2v) is 5.82. The molecule has 1 unspecified atom stereocenters. The van der Waals surface area contributed by atoms with E-state index in [0.717, 1.165) is 12.8 Å². The zero-order valence-corrected chi connectivity index (χ0v) is 13.7. The van der Waals surface area contributed by atoms with Gasteiger partial charge in [-0.2, -0.15) is 0 Å². The third kappa shape index (κ3) is 4.45. The zero-order chi connectivity index (χ0) is 15.9. The molecule has 0 heterocycles. The Kier molecular flexibility index (Phi) is 5.76. The zero-order valence-electron chi connectivity index (χ0n) is 13.7. The molecule has 1 amide bonds. The molecular weight excluding hydrogens is 270 g/mol. The number of carbonyl (C=O) groups is 1. The fourth-order valence-electron chi connectivity index (χ4n) is 2.66. The van der Waals surface area contributed by atoms with E-state index in [9.17, 15) is 4.79 Å². The number of nitrogens with one attached hydrogen (secondary N) is 1. The van der Waals surface area contributed by atoms with Crippen molar-refractivity contribution >= 4 is 5.91 Å². The maximum Gasteiger partial charge on any atom is 0.220 e. The van der Waals surface area contributed by atoms with Crippen molar-refractivity contribution in [3.8, 4) is 0 Å². The van der Waals surface area contributed by atoms with Crippen LogP contribution in [0, 0.1) is 6.92 Å². The number of hydrogen-bond donors (Lipinski definition) is 1. The SMILES string of the molecule is CCc1ccc(CCC(=O)NC(C)c2ccccc2C)cc1. The molecule has 2 nitrogen and oxygen atoms in total. The van der Waals surface area contributed by atoms with Gasteiger partial charge >= 0.3 is 0 Å². The molecule has 0 aromatic heterocycles. The molecule has 2 aromatic carbocycles. The van der Waals surface area contributed by atoms with Gasteiger partial charge in [0, 0.05) is 6.42 Å². The maximum absolute atomic E-state index is 12.1. The number of rotatable bonds is 6. The molecule has 116 valence electrons. The third-order valence-corrected chi connectivity index (χ3v) is 4.10. The molecule has 0 aliphatic rings. The van der Waals surface area contributed by atoms with Crippen LogP contribution in [0.3, 0.4) is 0 Å². The van der Waals surface area contributed by atoms with Crippen molar-refractivity contribution < 1.29 is 4.79 Å². The van der Waals surface area contributed by atoms with Crippen molar-refractivity contribution in [1.29, 1.82) is 0 Å². The average molecular weight is 295 g/mol. The summed E-state index contributed by atoms with van der Waals surface area (Å²) in [6.07, 6.45) is 2.37. The number of aryl methyl sites for hydroxylation is 3. The van der Waals surface area contributed by atoms with E-state index in [4.69, 9.17) is 0 Å². The lowest BCUT2D eigenvalue weighted by Crippen LogP contribution is -2.27. The topological polar surface area (TPSA) is 29.1 Å². The van der Waals surface area contributed by atoms with Gasteiger partial charge in [-0.3, -0.25) is 4.79 Å². The van der Waals surface area contributed by atoms with Crippen LogP contribution in [0.5, 0.6) is 0 Å². The van der Waals surface area contributed by atoms with Crippen LogP contribution in [0.2, 0.25) is 0 Å². The van der Waals surface area contributed by atoms with E-state index in [2.05, 4.69) is 55.6 Å². The first kappa shape index (κ1) is 16.3. The molecule has 2 rings (SSSR count). The fourth-order valence-corrected chi connectivity index (χ4v) is 2.66. The number of carbonyl (C=O) groups excluding carboxylic acids is 1. The number of amides is 1. The first-order valence-electron chi connectivity index (χ1n) is 8.03. The van der Waals surface area contributed by atoms with Gasteiger partial charge in [0.2, 0.25) is 5.91 Å². The Bertz CT molecular complexity index is 616. The lowest BCUT2D eigenvalue weighted by atomic mass is 10.0. The quantitative estimate of drug-likeness (QED) is 0.842. The second-order valence-electron chi connectivity index (χ2n) is 5.82. The summed E-state index contributed by atoms with van der Waals surface area (Å²) in [5.41, 5.74) is 4.95. The van der Waals surface area contributed by atoms with Crippen LogP contribution in [0.15, 0.2) is 48.5 Å². The van der Waals surface area contributed by atoms with E-state index in [1.807, 2.05) is 19.1 Å². The van der Waals surface area contributed by atoms with Gasteiger partial charge in [0.15, 0.2) is 0 Å². The summed E-state index contributed by atoms with van der Waals surface area (Å²) >= 11 is 0. The van der Waals surface area contributed by atoms with Crippen molar-refractivity contribution in [3.05, 3.63) is 70.8 Å². The van der Waals surface area contributed by atoms with Crippen LogP contribution in [0.25, 0.3) is 0 Å². The summed E-state index contributed by atoms with van der Waals surface area (Å²) in [5.74, 6) is 0.107. The minimum absolute atomic E-state index is 0.0520. The average Bonchev–Trinajstić information content (AvgIpc) is 2.53. The van der Waals surface area contributed by atoms with Gasteiger partial charge in [-0.15, -0.1) is 0 Å². The normalized spacial score (nSPS) is 12.0. The van der Waals surface area contributed by atoms with Gasteiger partial charge < -0.3 is 5.32 Å². The highest BCUT2D eigenvalue weighted by Gasteiger charge is 2.11. The van der Waals surface area contributed by atoms with E-state index in [-0.39, 0.29) is 11.9 Å². The molecule has 2 heteroatoms. The van der Waals surface area contributed by atoms with Crippen molar-refractivity contribution in [2.24, 2.45) is 0 Å². The Morgan fingerprint density at radius 1 is 1.05 bits per heavy atom. The molecule has 0 aliphatic heterocycles. The van der Waals surface area contributed by atoms with Crippen LogP contribution in [0.1, 0.15) is 48.6 Å². The highest BCUT2D eigenvalue weighted by Crippen LogP contribution is 2.17. The predicted octanol–water partition coefficient (Wildman–Crippen LogP) is 4.37. The van der Waals surface area contributed by atoms with Gasteiger partial charge in [-0.05, 0) is 48.9 Å². The fraction of sp³-hybridized carbons (Fsp3) is 0.350. The molecule has 22 heavy (non-hydrogen) atoms. The van der Waals surface area contributed by atoms with Crippen molar-refractivity contribution in [1.82, 2.24) is 5.32 Å². The van der Waals surface area contributed by atoms with Crippen molar-refractivity contribution in [2.45, 2.75) is 46.1 Å². The molecular formula is C20H25NO. The first-order valence-corrected chi connectivity index (χ1v) is 8.03. The van der Waals surface area contributed by atoms with Gasteiger partial charge in [0.25, 0.3) is 0 Å². The highest BCUT2D eigenvalue weighted by atomic mass is 16.1. The Morgan fingerprint density at radius 2 is 1.68 bits per heavy atom. The van der Waals surface area contributed by atoms with Gasteiger partial charge in [0.1, 0.15) is 0 Å². The lowest BCUT2D eigenvalue weighted by molar-refractivity contribution is -0.121. The Labute approximate surface area is 133 Å². The summed E-state index contributed by atoms with van der Waals surface area (Å²) < 4.78 is 0. The molecule has 0 radical (unpaired) electrons. The first-order chi connectivity index (χ1) is 10.6. The molecule has 0 aliphatic carbocycles. The summed E-state index contributed by atoms with van der Waals surface area (Å²) in [5, 5.41) is 3.09. The monoisotopic (exact) mass is 295 g/mol. The minimum atomic E-state index is 0.0520. The summed E-state index contributed by atoms with van der Waals surface area (Å²) in [6, 6.07) is 16.8. The molecule has 1 N–H and O–H groups in total. The summed E-state index contributed by atoms with van der Waals surface area (Å²) in [6.45, 7) is 6.26. The Balaban J connectivity index is 1.86. The number of hydrogen-bond acceptors (Lipinski definition) is 1. The van der Waals surface area contributed by atoms with E-state index in [1.54, 1.807) is 0 Å². The van der Waals surface area contributed by atoms with Crippen LogP contribution < -0.4 is 5.32 Å².